The normalized spacial score (nSPS) is 17.9. The third kappa shape index (κ3) is 4.07. The summed E-state index contributed by atoms with van der Waals surface area (Å²) in [4.78, 5) is 11.8. The highest BCUT2D eigenvalue weighted by Crippen LogP contribution is 2.16. The van der Waals surface area contributed by atoms with Gasteiger partial charge in [-0.15, -0.1) is 0 Å². The molecule has 1 unspecified atom stereocenters. The molecule has 1 saturated heterocycles. The first kappa shape index (κ1) is 13.6. The molecule has 0 radical (unpaired) electrons. The minimum absolute atomic E-state index is 0.270. The SMILES string of the molecule is C=Cc1ccccc1COC(=O)C(C)=CCC1CO1. The predicted molar refractivity (Wildman–Crippen MR) is 74.4 cm³/mol. The van der Waals surface area contributed by atoms with Crippen molar-refractivity contribution >= 4 is 12.0 Å². The van der Waals surface area contributed by atoms with Gasteiger partial charge in [0.2, 0.25) is 0 Å². The van der Waals surface area contributed by atoms with Crippen molar-refractivity contribution in [3.63, 3.8) is 0 Å². The fraction of sp³-hybridized carbons (Fsp3) is 0.312. The standard InChI is InChI=1S/C16H18O3/c1-3-13-6-4-5-7-14(13)10-19-16(17)12(2)8-9-15-11-18-15/h3-8,15H,1,9-11H2,2H3. The van der Waals surface area contributed by atoms with Gasteiger partial charge in [-0.05, 0) is 24.5 Å². The number of carbonyl (C=O) groups is 1. The van der Waals surface area contributed by atoms with Crippen LogP contribution in [0.1, 0.15) is 24.5 Å². The maximum atomic E-state index is 11.8. The van der Waals surface area contributed by atoms with Gasteiger partial charge < -0.3 is 9.47 Å². The van der Waals surface area contributed by atoms with Gasteiger partial charge in [0.25, 0.3) is 0 Å². The first-order valence-electron chi connectivity index (χ1n) is 6.36. The van der Waals surface area contributed by atoms with Crippen molar-refractivity contribution in [2.45, 2.75) is 26.1 Å². The number of hydrogen-bond acceptors (Lipinski definition) is 3. The van der Waals surface area contributed by atoms with E-state index >= 15 is 0 Å². The van der Waals surface area contributed by atoms with Crippen molar-refractivity contribution in [3.05, 3.63) is 53.6 Å². The van der Waals surface area contributed by atoms with E-state index in [1.165, 1.54) is 0 Å². The largest absolute Gasteiger partial charge is 0.457 e. The number of carbonyl (C=O) groups excluding carboxylic acids is 1. The summed E-state index contributed by atoms with van der Waals surface area (Å²) in [7, 11) is 0. The molecule has 100 valence electrons. The zero-order valence-corrected chi connectivity index (χ0v) is 11.1. The maximum absolute atomic E-state index is 11.8. The number of hydrogen-bond donors (Lipinski definition) is 0. The van der Waals surface area contributed by atoms with Crippen molar-refractivity contribution in [3.8, 4) is 0 Å². The van der Waals surface area contributed by atoms with Crippen LogP contribution in [0.2, 0.25) is 0 Å². The molecule has 0 spiro atoms. The summed E-state index contributed by atoms with van der Waals surface area (Å²) in [5.74, 6) is -0.278. The van der Waals surface area contributed by atoms with E-state index in [-0.39, 0.29) is 12.6 Å². The van der Waals surface area contributed by atoms with Crippen molar-refractivity contribution in [2.24, 2.45) is 0 Å². The number of ether oxygens (including phenoxy) is 2. The molecule has 0 N–H and O–H groups in total. The molecule has 1 aromatic rings. The van der Waals surface area contributed by atoms with Gasteiger partial charge in [-0.1, -0.05) is 43.0 Å². The van der Waals surface area contributed by atoms with Gasteiger partial charge in [-0.25, -0.2) is 4.79 Å². The topological polar surface area (TPSA) is 38.8 Å². The summed E-state index contributed by atoms with van der Waals surface area (Å²) < 4.78 is 10.4. The molecule has 3 nitrogen and oxygen atoms in total. The molecular weight excluding hydrogens is 240 g/mol. The molecule has 0 saturated carbocycles. The second-order valence-corrected chi connectivity index (χ2v) is 4.56. The van der Waals surface area contributed by atoms with E-state index in [0.29, 0.717) is 11.7 Å². The average Bonchev–Trinajstić information content (AvgIpc) is 3.26. The maximum Gasteiger partial charge on any atom is 0.333 e. The lowest BCUT2D eigenvalue weighted by Gasteiger charge is -2.07. The zero-order chi connectivity index (χ0) is 13.7. The van der Waals surface area contributed by atoms with E-state index in [4.69, 9.17) is 9.47 Å². The molecule has 1 fully saturated rings. The molecule has 0 bridgehead atoms. The van der Waals surface area contributed by atoms with Gasteiger partial charge in [0.15, 0.2) is 0 Å². The van der Waals surface area contributed by atoms with E-state index in [2.05, 4.69) is 6.58 Å². The summed E-state index contributed by atoms with van der Waals surface area (Å²) >= 11 is 0. The number of esters is 1. The molecular formula is C16H18O3. The second kappa shape index (κ2) is 6.34. The molecule has 1 heterocycles. The Morgan fingerprint density at radius 2 is 2.26 bits per heavy atom. The highest BCUT2D eigenvalue weighted by atomic mass is 16.6. The molecule has 19 heavy (non-hydrogen) atoms. The van der Waals surface area contributed by atoms with Gasteiger partial charge in [0.05, 0.1) is 12.7 Å². The Labute approximate surface area is 113 Å². The van der Waals surface area contributed by atoms with Crippen LogP contribution in [-0.2, 0) is 20.9 Å². The summed E-state index contributed by atoms with van der Waals surface area (Å²) in [5, 5.41) is 0. The van der Waals surface area contributed by atoms with Crippen LogP contribution in [0.5, 0.6) is 0 Å². The van der Waals surface area contributed by atoms with Crippen LogP contribution in [0.15, 0.2) is 42.5 Å². The fourth-order valence-corrected chi connectivity index (χ4v) is 1.72. The van der Waals surface area contributed by atoms with Crippen LogP contribution in [0, 0.1) is 0 Å². The quantitative estimate of drug-likeness (QED) is 0.447. The summed E-state index contributed by atoms with van der Waals surface area (Å²) in [6, 6.07) is 7.73. The molecule has 1 aliphatic rings. The summed E-state index contributed by atoms with van der Waals surface area (Å²) in [5.41, 5.74) is 2.58. The van der Waals surface area contributed by atoms with Crippen LogP contribution in [0.25, 0.3) is 6.08 Å². The summed E-state index contributed by atoms with van der Waals surface area (Å²) in [6.45, 7) is 6.58. The first-order chi connectivity index (χ1) is 9.20. The van der Waals surface area contributed by atoms with Crippen molar-refractivity contribution in [1.29, 1.82) is 0 Å². The van der Waals surface area contributed by atoms with Crippen LogP contribution >= 0.6 is 0 Å². The Morgan fingerprint density at radius 1 is 1.53 bits per heavy atom. The number of rotatable bonds is 6. The third-order valence-electron chi connectivity index (χ3n) is 3.05. The van der Waals surface area contributed by atoms with E-state index in [1.54, 1.807) is 13.0 Å². The first-order valence-corrected chi connectivity index (χ1v) is 6.36. The van der Waals surface area contributed by atoms with Gasteiger partial charge in [-0.2, -0.15) is 0 Å². The lowest BCUT2D eigenvalue weighted by molar-refractivity contribution is -0.140. The third-order valence-corrected chi connectivity index (χ3v) is 3.05. The fourth-order valence-electron chi connectivity index (χ4n) is 1.72. The lowest BCUT2D eigenvalue weighted by Crippen LogP contribution is -2.07. The Morgan fingerprint density at radius 3 is 2.95 bits per heavy atom. The Hall–Kier alpha value is -1.87. The molecule has 1 aromatic carbocycles. The van der Waals surface area contributed by atoms with Crippen LogP contribution in [0.4, 0.5) is 0 Å². The Bertz CT molecular complexity index is 498. The minimum atomic E-state index is -0.278. The van der Waals surface area contributed by atoms with Crippen LogP contribution in [-0.4, -0.2) is 18.7 Å². The van der Waals surface area contributed by atoms with E-state index in [9.17, 15) is 4.79 Å². The molecule has 1 atom stereocenters. The molecule has 2 rings (SSSR count). The van der Waals surface area contributed by atoms with E-state index in [1.807, 2.05) is 30.3 Å². The van der Waals surface area contributed by atoms with E-state index in [0.717, 1.165) is 24.2 Å². The minimum Gasteiger partial charge on any atom is -0.457 e. The van der Waals surface area contributed by atoms with Crippen LogP contribution in [0.3, 0.4) is 0 Å². The highest BCUT2D eigenvalue weighted by Gasteiger charge is 2.21. The lowest BCUT2D eigenvalue weighted by atomic mass is 10.1. The molecule has 0 aromatic heterocycles. The summed E-state index contributed by atoms with van der Waals surface area (Å²) in [6.07, 6.45) is 4.71. The molecule has 0 amide bonds. The monoisotopic (exact) mass is 258 g/mol. The Balaban J connectivity index is 1.88. The molecule has 3 heteroatoms. The second-order valence-electron chi connectivity index (χ2n) is 4.56. The van der Waals surface area contributed by atoms with Gasteiger partial charge in [-0.3, -0.25) is 0 Å². The molecule has 1 aliphatic heterocycles. The number of epoxide rings is 1. The number of benzene rings is 1. The van der Waals surface area contributed by atoms with Crippen molar-refractivity contribution < 1.29 is 14.3 Å². The van der Waals surface area contributed by atoms with Crippen molar-refractivity contribution in [1.82, 2.24) is 0 Å². The van der Waals surface area contributed by atoms with Gasteiger partial charge >= 0.3 is 5.97 Å². The van der Waals surface area contributed by atoms with Crippen LogP contribution < -0.4 is 0 Å². The van der Waals surface area contributed by atoms with E-state index < -0.39 is 0 Å². The zero-order valence-electron chi connectivity index (χ0n) is 11.1. The average molecular weight is 258 g/mol. The van der Waals surface area contributed by atoms with Crippen molar-refractivity contribution in [2.75, 3.05) is 6.61 Å². The predicted octanol–water partition coefficient (Wildman–Crippen LogP) is 3.11. The van der Waals surface area contributed by atoms with Gasteiger partial charge in [0, 0.05) is 5.57 Å². The van der Waals surface area contributed by atoms with Gasteiger partial charge in [0.1, 0.15) is 6.61 Å². The highest BCUT2D eigenvalue weighted by molar-refractivity contribution is 5.87. The molecule has 0 aliphatic carbocycles. The Kier molecular flexibility index (Phi) is 4.53. The smallest absolute Gasteiger partial charge is 0.333 e.